The molecule has 1 amide bonds. The van der Waals surface area contributed by atoms with E-state index in [-0.39, 0.29) is 30.5 Å². The summed E-state index contributed by atoms with van der Waals surface area (Å²) in [4.78, 5) is 20.8. The zero-order valence-corrected chi connectivity index (χ0v) is 19.4. The molecule has 0 bridgehead atoms. The van der Waals surface area contributed by atoms with Crippen molar-refractivity contribution >= 4 is 33.0 Å². The van der Waals surface area contributed by atoms with Crippen molar-refractivity contribution in [3.05, 3.63) is 88.2 Å². The van der Waals surface area contributed by atoms with Crippen LogP contribution in [0.1, 0.15) is 22.7 Å². The van der Waals surface area contributed by atoms with Crippen molar-refractivity contribution in [2.75, 3.05) is 4.72 Å². The lowest BCUT2D eigenvalue weighted by Crippen LogP contribution is -2.25. The lowest BCUT2D eigenvalue weighted by Gasteiger charge is -2.11. The quantitative estimate of drug-likeness (QED) is 0.374. The second-order valence-electron chi connectivity index (χ2n) is 7.35. The summed E-state index contributed by atoms with van der Waals surface area (Å²) in [7, 11) is -3.65. The number of rotatable bonds is 9. The van der Waals surface area contributed by atoms with Crippen molar-refractivity contribution in [2.45, 2.75) is 25.6 Å². The second kappa shape index (κ2) is 9.97. The number of carbonyl (C=O) groups is 1. The average Bonchev–Trinajstić information content (AvgIpc) is 3.42. The van der Waals surface area contributed by atoms with Gasteiger partial charge in [0.25, 0.3) is 0 Å². The Hall–Kier alpha value is -3.50. The van der Waals surface area contributed by atoms with Gasteiger partial charge in [0.05, 0.1) is 41.2 Å². The number of sulfonamides is 1. The molecule has 2 N–H and O–H groups in total. The summed E-state index contributed by atoms with van der Waals surface area (Å²) < 4.78 is 33.9. The fraction of sp³-hybridized carbons (Fsp3) is 0.174. The Morgan fingerprint density at radius 1 is 1.09 bits per heavy atom. The van der Waals surface area contributed by atoms with Crippen LogP contribution in [0.2, 0.25) is 0 Å². The topological polar surface area (TPSA) is 114 Å². The number of carbonyl (C=O) groups excluding carboxylic acids is 1. The van der Waals surface area contributed by atoms with Crippen molar-refractivity contribution in [3.63, 3.8) is 0 Å². The number of aryl methyl sites for hydroxylation is 1. The Balaban J connectivity index is 1.48. The van der Waals surface area contributed by atoms with E-state index >= 15 is 0 Å². The smallest absolute Gasteiger partial charge is 0.236 e. The van der Waals surface area contributed by atoms with Crippen LogP contribution in [0.4, 0.5) is 5.69 Å². The first kappa shape index (κ1) is 22.7. The molecule has 8 nitrogen and oxygen atoms in total. The first-order valence-electron chi connectivity index (χ1n) is 10.1. The fourth-order valence-electron chi connectivity index (χ4n) is 3.20. The lowest BCUT2D eigenvalue weighted by molar-refractivity contribution is -0.120. The molecular weight excluding hydrogens is 460 g/mol. The third-order valence-electron chi connectivity index (χ3n) is 4.79. The molecule has 4 aromatic rings. The Morgan fingerprint density at radius 2 is 1.85 bits per heavy atom. The van der Waals surface area contributed by atoms with E-state index in [0.717, 1.165) is 0 Å². The van der Waals surface area contributed by atoms with E-state index in [1.165, 1.54) is 11.3 Å². The Morgan fingerprint density at radius 3 is 2.61 bits per heavy atom. The van der Waals surface area contributed by atoms with Crippen LogP contribution in [0, 0.1) is 6.92 Å². The molecule has 0 saturated carbocycles. The number of aromatic nitrogens is 2. The number of anilines is 1. The zero-order valence-electron chi connectivity index (χ0n) is 17.8. The Bertz CT molecular complexity index is 1330. The molecule has 0 saturated heterocycles. The molecule has 4 rings (SSSR count). The minimum Gasteiger partial charge on any atom is -0.441 e. The molecule has 0 aliphatic carbocycles. The monoisotopic (exact) mass is 482 g/mol. The maximum atomic E-state index is 12.7. The number of nitrogens with one attached hydrogen (secondary N) is 2. The van der Waals surface area contributed by atoms with Gasteiger partial charge in [-0.2, -0.15) is 0 Å². The van der Waals surface area contributed by atoms with Crippen LogP contribution in [0.25, 0.3) is 11.5 Å². The van der Waals surface area contributed by atoms with Gasteiger partial charge in [-0.3, -0.25) is 9.52 Å². The second-order valence-corrected chi connectivity index (χ2v) is 9.79. The van der Waals surface area contributed by atoms with Crippen molar-refractivity contribution in [1.82, 2.24) is 15.3 Å². The summed E-state index contributed by atoms with van der Waals surface area (Å²) in [5, 5.41) is 4.64. The highest BCUT2D eigenvalue weighted by atomic mass is 32.2. The molecule has 0 fully saturated rings. The van der Waals surface area contributed by atoms with E-state index in [1.807, 2.05) is 11.4 Å². The van der Waals surface area contributed by atoms with E-state index in [4.69, 9.17) is 4.42 Å². The molecule has 10 heteroatoms. The predicted octanol–water partition coefficient (Wildman–Crippen LogP) is 3.91. The number of benzene rings is 2. The van der Waals surface area contributed by atoms with Crippen molar-refractivity contribution in [2.24, 2.45) is 0 Å². The van der Waals surface area contributed by atoms with E-state index in [2.05, 4.69) is 20.0 Å². The van der Waals surface area contributed by atoms with Gasteiger partial charge in [-0.1, -0.05) is 42.5 Å². The Kier molecular flexibility index (Phi) is 6.85. The summed E-state index contributed by atoms with van der Waals surface area (Å²) in [6, 6.07) is 15.9. The van der Waals surface area contributed by atoms with Gasteiger partial charge >= 0.3 is 0 Å². The maximum Gasteiger partial charge on any atom is 0.236 e. The van der Waals surface area contributed by atoms with Gasteiger partial charge in [-0.25, -0.2) is 18.4 Å². The highest BCUT2D eigenvalue weighted by Crippen LogP contribution is 2.30. The van der Waals surface area contributed by atoms with Crippen molar-refractivity contribution < 1.29 is 17.6 Å². The molecule has 0 aliphatic rings. The lowest BCUT2D eigenvalue weighted by atomic mass is 10.2. The summed E-state index contributed by atoms with van der Waals surface area (Å²) >= 11 is 1.44. The number of thiazole rings is 1. The molecule has 0 aliphatic heterocycles. The molecule has 0 spiro atoms. The molecule has 0 atom stereocenters. The number of hydrogen-bond donors (Lipinski definition) is 2. The number of amides is 1. The van der Waals surface area contributed by atoms with Crippen LogP contribution in [-0.2, 0) is 33.5 Å². The molecule has 2 heterocycles. The van der Waals surface area contributed by atoms with Gasteiger partial charge in [0, 0.05) is 5.38 Å². The summed E-state index contributed by atoms with van der Waals surface area (Å²) in [5.41, 5.74) is 4.53. The number of oxazole rings is 1. The standard InChI is InChI=1S/C23H22N4O4S2/c1-16-21(12-24-22(28)11-18-13-32-15-25-18)26-23(31-16)19-9-5-6-10-20(19)27-33(29,30)14-17-7-3-2-4-8-17/h2-10,13,15,27H,11-12,14H2,1H3,(H,24,28). The number of nitrogens with zero attached hydrogens (tertiary/aromatic N) is 2. The maximum absolute atomic E-state index is 12.7. The van der Waals surface area contributed by atoms with Crippen LogP contribution < -0.4 is 10.0 Å². The molecule has 0 radical (unpaired) electrons. The fourth-order valence-corrected chi connectivity index (χ4v) is 4.97. The number of para-hydroxylation sites is 1. The van der Waals surface area contributed by atoms with Crippen molar-refractivity contribution in [3.8, 4) is 11.5 Å². The van der Waals surface area contributed by atoms with Crippen molar-refractivity contribution in [1.29, 1.82) is 0 Å². The van der Waals surface area contributed by atoms with Gasteiger partial charge in [0.2, 0.25) is 21.8 Å². The Labute approximate surface area is 195 Å². The van der Waals surface area contributed by atoms with Gasteiger partial charge in [-0.15, -0.1) is 11.3 Å². The van der Waals surface area contributed by atoms with E-state index in [9.17, 15) is 13.2 Å². The third kappa shape index (κ3) is 6.05. The van der Waals surface area contributed by atoms with Crippen LogP contribution in [0.5, 0.6) is 0 Å². The van der Waals surface area contributed by atoms with Gasteiger partial charge in [0.1, 0.15) is 11.5 Å². The van der Waals surface area contributed by atoms with Gasteiger partial charge in [0.15, 0.2) is 0 Å². The predicted molar refractivity (Wildman–Crippen MR) is 127 cm³/mol. The molecular formula is C23H22N4O4S2. The van der Waals surface area contributed by atoms with Crippen LogP contribution in [0.15, 0.2) is 69.9 Å². The molecule has 0 unspecified atom stereocenters. The van der Waals surface area contributed by atoms with E-state index in [0.29, 0.717) is 34.0 Å². The van der Waals surface area contributed by atoms with E-state index < -0.39 is 10.0 Å². The third-order valence-corrected chi connectivity index (χ3v) is 6.67. The first-order chi connectivity index (χ1) is 15.9. The molecule has 2 aromatic carbocycles. The largest absolute Gasteiger partial charge is 0.441 e. The highest BCUT2D eigenvalue weighted by molar-refractivity contribution is 7.91. The minimum atomic E-state index is -3.65. The van der Waals surface area contributed by atoms with Crippen LogP contribution in [0.3, 0.4) is 0 Å². The summed E-state index contributed by atoms with van der Waals surface area (Å²) in [5.74, 6) is 0.498. The zero-order chi connectivity index (χ0) is 23.3. The SMILES string of the molecule is Cc1oc(-c2ccccc2NS(=O)(=O)Cc2ccccc2)nc1CNC(=O)Cc1cscn1. The summed E-state index contributed by atoms with van der Waals surface area (Å²) in [6.45, 7) is 1.95. The molecule has 170 valence electrons. The van der Waals surface area contributed by atoms with Gasteiger partial charge < -0.3 is 9.73 Å². The minimum absolute atomic E-state index is 0.150. The summed E-state index contributed by atoms with van der Waals surface area (Å²) in [6.07, 6.45) is 0.194. The highest BCUT2D eigenvalue weighted by Gasteiger charge is 2.19. The number of hydrogen-bond acceptors (Lipinski definition) is 7. The van der Waals surface area contributed by atoms with E-state index in [1.54, 1.807) is 61.0 Å². The molecule has 33 heavy (non-hydrogen) atoms. The van der Waals surface area contributed by atoms with Gasteiger partial charge in [-0.05, 0) is 24.6 Å². The molecule has 2 aromatic heterocycles. The van der Waals surface area contributed by atoms with Crippen LogP contribution in [-0.4, -0.2) is 24.3 Å². The van der Waals surface area contributed by atoms with Crippen LogP contribution >= 0.6 is 11.3 Å². The first-order valence-corrected chi connectivity index (χ1v) is 12.7. The normalized spacial score (nSPS) is 11.3. The average molecular weight is 483 g/mol.